The highest BCUT2D eigenvalue weighted by Gasteiger charge is 2.51. The van der Waals surface area contributed by atoms with Gasteiger partial charge in [-0.3, -0.25) is 4.79 Å². The molecule has 0 radical (unpaired) electrons. The van der Waals surface area contributed by atoms with Crippen LogP contribution in [-0.4, -0.2) is 140 Å². The van der Waals surface area contributed by atoms with Crippen LogP contribution in [0.4, 0.5) is 0 Å². The molecule has 2 saturated heterocycles. The van der Waals surface area contributed by atoms with Crippen molar-refractivity contribution in [2.24, 2.45) is 0 Å². The van der Waals surface area contributed by atoms with E-state index in [9.17, 15) is 45.6 Å². The Hall–Kier alpha value is -2.31. The van der Waals surface area contributed by atoms with E-state index in [-0.39, 0.29) is 18.9 Å². The topological polar surface area (TPSA) is 228 Å². The fourth-order valence-electron chi connectivity index (χ4n) is 12.9. The van der Waals surface area contributed by atoms with E-state index >= 15 is 0 Å². The fraction of sp³-hybridized carbons (Fsp3) is 0.863. The van der Waals surface area contributed by atoms with Crippen molar-refractivity contribution in [3.8, 4) is 0 Å². The number of hydrogen-bond acceptors (Lipinski definition) is 13. The lowest BCUT2D eigenvalue weighted by Crippen LogP contribution is -2.65. The van der Waals surface area contributed by atoms with Crippen molar-refractivity contribution in [2.45, 2.75) is 421 Å². The van der Waals surface area contributed by atoms with Gasteiger partial charge in [-0.2, -0.15) is 0 Å². The molecular formula is C80H147NO13. The first-order chi connectivity index (χ1) is 46.1. The van der Waals surface area contributed by atoms with E-state index in [1.807, 2.05) is 6.08 Å². The Bertz CT molecular complexity index is 1810. The average molecular weight is 1330 g/mol. The van der Waals surface area contributed by atoms with Crippen molar-refractivity contribution in [2.75, 3.05) is 19.8 Å². The van der Waals surface area contributed by atoms with Crippen molar-refractivity contribution >= 4 is 5.91 Å². The first-order valence-corrected chi connectivity index (χ1v) is 39.5. The summed E-state index contributed by atoms with van der Waals surface area (Å²) in [6.45, 7) is 2.81. The van der Waals surface area contributed by atoms with E-state index in [4.69, 9.17) is 18.9 Å². The Morgan fingerprint density at radius 1 is 0.383 bits per heavy atom. The monoisotopic (exact) mass is 1330 g/mol. The van der Waals surface area contributed by atoms with Crippen LogP contribution in [0.3, 0.4) is 0 Å². The molecule has 9 N–H and O–H groups in total. The third kappa shape index (κ3) is 46.9. The Labute approximate surface area is 575 Å². The minimum absolute atomic E-state index is 0.247. The van der Waals surface area contributed by atoms with E-state index < -0.39 is 86.8 Å². The van der Waals surface area contributed by atoms with E-state index in [0.717, 1.165) is 51.4 Å². The first-order valence-electron chi connectivity index (χ1n) is 39.5. The van der Waals surface area contributed by atoms with Crippen molar-refractivity contribution in [1.29, 1.82) is 0 Å². The Kier molecular flexibility index (Phi) is 59.8. The van der Waals surface area contributed by atoms with Crippen molar-refractivity contribution < 1.29 is 64.6 Å². The van der Waals surface area contributed by atoms with Crippen LogP contribution >= 0.6 is 0 Å². The molecule has 2 aliphatic rings. The van der Waals surface area contributed by atoms with Gasteiger partial charge in [0.05, 0.1) is 32.0 Å². The van der Waals surface area contributed by atoms with Gasteiger partial charge in [-0.15, -0.1) is 0 Å². The molecule has 12 atom stereocenters. The minimum Gasteiger partial charge on any atom is -0.394 e. The van der Waals surface area contributed by atoms with Gasteiger partial charge in [0.25, 0.3) is 0 Å². The lowest BCUT2D eigenvalue weighted by atomic mass is 9.97. The summed E-state index contributed by atoms with van der Waals surface area (Å²) in [5.74, 6) is -0.247. The molecule has 2 heterocycles. The molecular weight excluding hydrogens is 1180 g/mol. The maximum absolute atomic E-state index is 13.4. The van der Waals surface area contributed by atoms with Gasteiger partial charge in [0.15, 0.2) is 12.6 Å². The van der Waals surface area contributed by atoms with Gasteiger partial charge >= 0.3 is 0 Å². The summed E-state index contributed by atoms with van der Waals surface area (Å²) < 4.78 is 22.9. The molecule has 0 aromatic carbocycles. The molecule has 12 unspecified atom stereocenters. The summed E-state index contributed by atoms with van der Waals surface area (Å²) in [5.41, 5.74) is 0. The molecule has 2 fully saturated rings. The lowest BCUT2D eigenvalue weighted by Gasteiger charge is -2.46. The molecule has 2 aliphatic heterocycles. The standard InChI is InChI=1S/C80H147NO13/c1-3-5-7-9-11-13-15-17-19-21-23-25-26-27-28-29-30-31-32-33-34-35-36-37-38-39-40-41-42-44-46-48-50-52-54-56-58-60-62-64-72(85)81-68(69(84)63-61-59-57-55-53-51-49-47-45-43-24-22-20-18-16-14-12-10-8-6-4-2)67-91-79-77(90)75(88)78(71(66-83)93-79)94-80-76(89)74(87)73(86)70(65-82)92-80/h15,17,21,23,45,47,53,55,61,63,68-71,73-80,82-84,86-90H,3-14,16,18-20,22,24-44,46,48-52,54,56-60,62,64-67H2,1-2H3,(H,81,85)/b17-15-,23-21-,47-45+,55-53+,63-61+. The predicted molar refractivity (Wildman–Crippen MR) is 387 cm³/mol. The highest BCUT2D eigenvalue weighted by molar-refractivity contribution is 5.76. The third-order valence-corrected chi connectivity index (χ3v) is 19.2. The second kappa shape index (κ2) is 64.1. The fourth-order valence-corrected chi connectivity index (χ4v) is 12.9. The van der Waals surface area contributed by atoms with Crippen LogP contribution in [0.1, 0.15) is 348 Å². The van der Waals surface area contributed by atoms with Gasteiger partial charge in [0.1, 0.15) is 48.8 Å². The molecule has 2 rings (SSSR count). The minimum atomic E-state index is -1.79. The van der Waals surface area contributed by atoms with Crippen LogP contribution in [0.5, 0.6) is 0 Å². The number of hydrogen-bond donors (Lipinski definition) is 9. The zero-order valence-corrected chi connectivity index (χ0v) is 60.2. The summed E-state index contributed by atoms with van der Waals surface area (Å²) in [5, 5.41) is 87.5. The predicted octanol–water partition coefficient (Wildman–Crippen LogP) is 17.6. The molecule has 0 aromatic heterocycles. The number of allylic oxidation sites excluding steroid dienone is 9. The van der Waals surface area contributed by atoms with Gasteiger partial charge in [0.2, 0.25) is 5.91 Å². The highest BCUT2D eigenvalue weighted by Crippen LogP contribution is 2.30. The third-order valence-electron chi connectivity index (χ3n) is 19.2. The van der Waals surface area contributed by atoms with Crippen molar-refractivity contribution in [1.82, 2.24) is 5.32 Å². The molecule has 0 bridgehead atoms. The quantitative estimate of drug-likeness (QED) is 0.0204. The smallest absolute Gasteiger partial charge is 0.220 e. The molecule has 550 valence electrons. The Balaban J connectivity index is 1.59. The molecule has 0 aliphatic carbocycles. The average Bonchev–Trinajstić information content (AvgIpc) is 0.794. The maximum atomic E-state index is 13.4. The summed E-state index contributed by atoms with van der Waals surface area (Å²) in [6.07, 6.45) is 70.3. The van der Waals surface area contributed by atoms with E-state index in [1.165, 1.54) is 263 Å². The summed E-state index contributed by atoms with van der Waals surface area (Å²) in [7, 11) is 0. The number of nitrogens with one attached hydrogen (secondary N) is 1. The zero-order valence-electron chi connectivity index (χ0n) is 60.2. The first kappa shape index (κ1) is 87.8. The van der Waals surface area contributed by atoms with Gasteiger partial charge in [-0.05, 0) is 77.0 Å². The van der Waals surface area contributed by atoms with Crippen LogP contribution in [0, 0.1) is 0 Å². The normalized spacial score (nSPS) is 22.7. The number of carbonyl (C=O) groups excluding carboxylic acids is 1. The Morgan fingerprint density at radius 2 is 0.713 bits per heavy atom. The van der Waals surface area contributed by atoms with Crippen LogP contribution in [-0.2, 0) is 23.7 Å². The molecule has 14 heteroatoms. The van der Waals surface area contributed by atoms with Gasteiger partial charge in [-0.1, -0.05) is 325 Å². The summed E-state index contributed by atoms with van der Waals surface area (Å²) in [6, 6.07) is -0.939. The molecule has 0 saturated carbocycles. The largest absolute Gasteiger partial charge is 0.394 e. The van der Waals surface area contributed by atoms with Crippen LogP contribution in [0.2, 0.25) is 0 Å². The van der Waals surface area contributed by atoms with E-state index in [1.54, 1.807) is 6.08 Å². The molecule has 94 heavy (non-hydrogen) atoms. The molecule has 0 aromatic rings. The van der Waals surface area contributed by atoms with E-state index in [0.29, 0.717) is 12.8 Å². The van der Waals surface area contributed by atoms with Gasteiger partial charge < -0.3 is 65.1 Å². The summed E-state index contributed by atoms with van der Waals surface area (Å²) in [4.78, 5) is 13.4. The second-order valence-electron chi connectivity index (χ2n) is 27.8. The van der Waals surface area contributed by atoms with Crippen molar-refractivity contribution in [3.63, 3.8) is 0 Å². The number of amides is 1. The number of rotatable bonds is 66. The van der Waals surface area contributed by atoms with Gasteiger partial charge in [0, 0.05) is 6.42 Å². The maximum Gasteiger partial charge on any atom is 0.220 e. The number of ether oxygens (including phenoxy) is 4. The summed E-state index contributed by atoms with van der Waals surface area (Å²) >= 11 is 0. The molecule has 0 spiro atoms. The van der Waals surface area contributed by atoms with Crippen LogP contribution in [0.25, 0.3) is 0 Å². The zero-order chi connectivity index (χ0) is 68.0. The lowest BCUT2D eigenvalue weighted by molar-refractivity contribution is -0.359. The number of unbranched alkanes of at least 4 members (excludes halogenated alkanes) is 45. The van der Waals surface area contributed by atoms with E-state index in [2.05, 4.69) is 67.8 Å². The van der Waals surface area contributed by atoms with Crippen LogP contribution in [0.15, 0.2) is 60.8 Å². The SMILES string of the molecule is CCCCCCC/C=C\C/C=C\CCCCCCCCCCCCCCCCCCCCCCCCCCCCCC(=O)NC(COC1OC(CO)C(OC2OC(CO)C(O)C(O)C2O)C(O)C1O)C(O)/C=C/CC/C=C/CC/C=C/CCCCCCCCCCCCC. The highest BCUT2D eigenvalue weighted by atomic mass is 16.7. The molecule has 1 amide bonds. The number of aliphatic hydroxyl groups is 8. The van der Waals surface area contributed by atoms with Gasteiger partial charge in [-0.25, -0.2) is 0 Å². The number of aliphatic hydroxyl groups excluding tert-OH is 8. The van der Waals surface area contributed by atoms with Crippen LogP contribution < -0.4 is 5.32 Å². The second-order valence-corrected chi connectivity index (χ2v) is 27.8. The Morgan fingerprint density at radius 3 is 1.11 bits per heavy atom. The molecule has 14 nitrogen and oxygen atoms in total. The number of carbonyl (C=O) groups is 1. The van der Waals surface area contributed by atoms with Crippen molar-refractivity contribution in [3.05, 3.63) is 60.8 Å².